The van der Waals surface area contributed by atoms with Crippen molar-refractivity contribution in [1.29, 1.82) is 0 Å². The molecule has 0 fully saturated rings. The molecule has 4 heteroatoms. The highest BCUT2D eigenvalue weighted by Crippen LogP contribution is 2.22. The first-order valence-corrected chi connectivity index (χ1v) is 11.7. The second kappa shape index (κ2) is 17.8. The Balaban J connectivity index is 0.00000784. The minimum atomic E-state index is 0. The van der Waals surface area contributed by atoms with E-state index in [-0.39, 0.29) is 18.2 Å². The van der Waals surface area contributed by atoms with Crippen molar-refractivity contribution in [2.24, 2.45) is 0 Å². The predicted molar refractivity (Wildman–Crippen MR) is 128 cm³/mol. The van der Waals surface area contributed by atoms with Gasteiger partial charge >= 0.3 is 0 Å². The van der Waals surface area contributed by atoms with Crippen molar-refractivity contribution in [3.63, 3.8) is 0 Å². The van der Waals surface area contributed by atoms with E-state index in [4.69, 9.17) is 4.74 Å². The van der Waals surface area contributed by atoms with E-state index < -0.39 is 0 Å². The van der Waals surface area contributed by atoms with Crippen LogP contribution >= 0.6 is 12.4 Å². The Hall–Kier alpha value is -1.06. The zero-order valence-electron chi connectivity index (χ0n) is 19.3. The predicted octanol–water partition coefficient (Wildman–Crippen LogP) is 7.10. The molecule has 0 aliphatic heterocycles. The van der Waals surface area contributed by atoms with Crippen molar-refractivity contribution in [3.05, 3.63) is 29.3 Å². The van der Waals surface area contributed by atoms with E-state index in [0.29, 0.717) is 6.42 Å². The number of aryl methyl sites for hydroxylation is 1. The topological polar surface area (TPSA) is 29.5 Å². The number of hydrogen-bond acceptors (Lipinski definition) is 3. The van der Waals surface area contributed by atoms with Crippen LogP contribution in [0.1, 0.15) is 101 Å². The van der Waals surface area contributed by atoms with Gasteiger partial charge in [-0.05, 0) is 62.5 Å². The fourth-order valence-corrected chi connectivity index (χ4v) is 3.38. The van der Waals surface area contributed by atoms with Crippen LogP contribution in [0.3, 0.4) is 0 Å². The molecule has 0 radical (unpaired) electrons. The summed E-state index contributed by atoms with van der Waals surface area (Å²) in [4.78, 5) is 15.2. The molecule has 3 nitrogen and oxygen atoms in total. The molecular weight excluding hydrogens is 382 g/mol. The van der Waals surface area contributed by atoms with E-state index in [1.165, 1.54) is 44.9 Å². The van der Waals surface area contributed by atoms with Crippen molar-refractivity contribution < 1.29 is 9.53 Å². The molecule has 0 saturated carbocycles. The van der Waals surface area contributed by atoms with Crippen LogP contribution in [0.2, 0.25) is 0 Å². The number of rotatable bonds is 17. The smallest absolute Gasteiger partial charge is 0.164 e. The van der Waals surface area contributed by atoms with Crippen LogP contribution in [-0.2, 0) is 6.42 Å². The number of unbranched alkanes of at least 4 members (excludes halogenated alkanes) is 5. The number of hydrogen-bond donors (Lipinski definition) is 0. The summed E-state index contributed by atoms with van der Waals surface area (Å²) in [6.07, 6.45) is 11.2. The third kappa shape index (κ3) is 11.6. The van der Waals surface area contributed by atoms with Crippen molar-refractivity contribution in [3.8, 4) is 5.75 Å². The number of Topliss-reactive ketones (excluding diaryl/α,β-unsaturated/α-hetero) is 1. The Labute approximate surface area is 186 Å². The molecule has 168 valence electrons. The number of nitrogens with zero attached hydrogens (tertiary/aromatic N) is 1. The first-order chi connectivity index (χ1) is 13.7. The normalized spacial score (nSPS) is 10.8. The Kier molecular flexibility index (Phi) is 17.1. The minimum absolute atomic E-state index is 0. The molecule has 0 aliphatic carbocycles. The second-order valence-corrected chi connectivity index (χ2v) is 7.81. The van der Waals surface area contributed by atoms with Crippen LogP contribution in [0, 0.1) is 0 Å². The highest BCUT2D eigenvalue weighted by Gasteiger charge is 2.12. The fraction of sp³-hybridized carbons (Fsp3) is 0.720. The second-order valence-electron chi connectivity index (χ2n) is 7.81. The molecule has 0 bridgehead atoms. The monoisotopic (exact) mass is 425 g/mol. The van der Waals surface area contributed by atoms with Crippen LogP contribution in [-0.4, -0.2) is 36.9 Å². The zero-order valence-corrected chi connectivity index (χ0v) is 20.1. The van der Waals surface area contributed by atoms with Gasteiger partial charge in [0.2, 0.25) is 0 Å². The van der Waals surface area contributed by atoms with Gasteiger partial charge in [-0.25, -0.2) is 0 Å². The maximum Gasteiger partial charge on any atom is 0.164 e. The number of ether oxygens (including phenoxy) is 1. The molecule has 0 aliphatic rings. The molecule has 0 saturated heterocycles. The molecule has 0 aromatic heterocycles. The van der Waals surface area contributed by atoms with Crippen LogP contribution in [0.25, 0.3) is 0 Å². The van der Waals surface area contributed by atoms with Gasteiger partial charge in [-0.2, -0.15) is 0 Å². The van der Waals surface area contributed by atoms with Crippen LogP contribution in [0.15, 0.2) is 18.2 Å². The van der Waals surface area contributed by atoms with Gasteiger partial charge in [-0.3, -0.25) is 4.79 Å². The average Bonchev–Trinajstić information content (AvgIpc) is 2.72. The van der Waals surface area contributed by atoms with Gasteiger partial charge < -0.3 is 9.64 Å². The van der Waals surface area contributed by atoms with E-state index in [2.05, 4.69) is 32.6 Å². The molecule has 0 N–H and O–H groups in total. The van der Waals surface area contributed by atoms with Crippen molar-refractivity contribution in [2.45, 2.75) is 91.9 Å². The lowest BCUT2D eigenvalue weighted by molar-refractivity contribution is 0.0963. The minimum Gasteiger partial charge on any atom is -0.493 e. The van der Waals surface area contributed by atoms with Crippen molar-refractivity contribution >= 4 is 18.2 Å². The summed E-state index contributed by atoms with van der Waals surface area (Å²) in [7, 11) is 0. The quantitative estimate of drug-likeness (QED) is 0.197. The first-order valence-electron chi connectivity index (χ1n) is 11.7. The van der Waals surface area contributed by atoms with Gasteiger partial charge in [0.15, 0.2) is 5.78 Å². The maximum atomic E-state index is 12.7. The molecule has 0 spiro atoms. The molecule has 0 amide bonds. The van der Waals surface area contributed by atoms with E-state index in [1.54, 1.807) is 0 Å². The van der Waals surface area contributed by atoms with Crippen molar-refractivity contribution in [1.82, 2.24) is 4.90 Å². The van der Waals surface area contributed by atoms with Crippen molar-refractivity contribution in [2.75, 3.05) is 26.2 Å². The summed E-state index contributed by atoms with van der Waals surface area (Å²) in [5.74, 6) is 1.20. The maximum absolute atomic E-state index is 12.7. The van der Waals surface area contributed by atoms with Crippen LogP contribution < -0.4 is 4.74 Å². The number of ketones is 1. The highest BCUT2D eigenvalue weighted by atomic mass is 35.5. The average molecular weight is 426 g/mol. The number of halogens is 1. The SMILES string of the molecule is CCCCCCOc1ccc(C(=O)CCN(CCCC)CCCC)cc1CC.Cl. The van der Waals surface area contributed by atoms with Gasteiger partial charge in [0.1, 0.15) is 5.75 Å². The lowest BCUT2D eigenvalue weighted by Gasteiger charge is -2.21. The van der Waals surface area contributed by atoms with Gasteiger partial charge in [0, 0.05) is 18.5 Å². The van der Waals surface area contributed by atoms with Gasteiger partial charge in [0.25, 0.3) is 0 Å². The third-order valence-electron chi connectivity index (χ3n) is 5.33. The number of carbonyl (C=O) groups is 1. The Morgan fingerprint density at radius 3 is 2.10 bits per heavy atom. The molecule has 1 aromatic carbocycles. The number of benzene rings is 1. The number of carbonyl (C=O) groups excluding carboxylic acids is 1. The summed E-state index contributed by atoms with van der Waals surface area (Å²) in [5, 5.41) is 0. The Morgan fingerprint density at radius 2 is 1.52 bits per heavy atom. The molecule has 29 heavy (non-hydrogen) atoms. The summed E-state index contributed by atoms with van der Waals surface area (Å²) >= 11 is 0. The lowest BCUT2D eigenvalue weighted by atomic mass is 10.0. The Morgan fingerprint density at radius 1 is 0.862 bits per heavy atom. The van der Waals surface area contributed by atoms with E-state index in [1.807, 2.05) is 18.2 Å². The van der Waals surface area contributed by atoms with Gasteiger partial charge in [-0.15, -0.1) is 12.4 Å². The Bertz CT molecular complexity index is 540. The fourth-order valence-electron chi connectivity index (χ4n) is 3.38. The summed E-state index contributed by atoms with van der Waals surface area (Å²) in [5.41, 5.74) is 1.98. The largest absolute Gasteiger partial charge is 0.493 e. The third-order valence-corrected chi connectivity index (χ3v) is 5.33. The van der Waals surface area contributed by atoms with E-state index in [9.17, 15) is 4.79 Å². The zero-order chi connectivity index (χ0) is 20.6. The summed E-state index contributed by atoms with van der Waals surface area (Å²) in [6.45, 7) is 12.7. The van der Waals surface area contributed by atoms with Gasteiger partial charge in [-0.1, -0.05) is 59.8 Å². The lowest BCUT2D eigenvalue weighted by Crippen LogP contribution is -2.28. The summed E-state index contributed by atoms with van der Waals surface area (Å²) in [6, 6.07) is 6.00. The molecule has 0 heterocycles. The van der Waals surface area contributed by atoms with E-state index in [0.717, 1.165) is 56.0 Å². The molecule has 1 aromatic rings. The van der Waals surface area contributed by atoms with Crippen LogP contribution in [0.4, 0.5) is 0 Å². The highest BCUT2D eigenvalue weighted by molar-refractivity contribution is 5.96. The first kappa shape index (κ1) is 27.9. The molecular formula is C25H44ClNO2. The summed E-state index contributed by atoms with van der Waals surface area (Å²) < 4.78 is 5.98. The molecule has 0 atom stereocenters. The standard InChI is InChI=1S/C25H43NO2.ClH/c1-5-9-12-13-20-28-25-15-14-23(21-22(25)8-4)24(27)16-19-26(17-10-6-2)18-11-7-3;/h14-15,21H,5-13,16-20H2,1-4H3;1H. The molecule has 1 rings (SSSR count). The molecule has 0 unspecified atom stereocenters. The van der Waals surface area contributed by atoms with E-state index >= 15 is 0 Å². The van der Waals surface area contributed by atoms with Crippen LogP contribution in [0.5, 0.6) is 5.75 Å². The van der Waals surface area contributed by atoms with Gasteiger partial charge in [0.05, 0.1) is 6.61 Å².